The van der Waals surface area contributed by atoms with Crippen LogP contribution in [0.1, 0.15) is 0 Å². The molecular formula is C51H16B14N4O2. The van der Waals surface area contributed by atoms with Gasteiger partial charge in [-0.3, -0.25) is 0 Å². The summed E-state index contributed by atoms with van der Waals surface area (Å²) in [5, 5.41) is 2.68. The molecular weight excluding hydrogens is 852 g/mol. The molecule has 0 saturated carbocycles. The molecule has 8 aromatic carbocycles. The molecule has 0 N–H and O–H groups in total. The number of rotatable bonds is 5. The third kappa shape index (κ3) is 6.45. The maximum absolute atomic E-state index is 7.10. The van der Waals surface area contributed by atoms with Gasteiger partial charge in [-0.25, -0.2) is 15.0 Å². The third-order valence-electron chi connectivity index (χ3n) is 13.5. The Morgan fingerprint density at radius 1 is 0.324 bits per heavy atom. The van der Waals surface area contributed by atoms with E-state index in [4.69, 9.17) is 134 Å². The Kier molecular flexibility index (Phi) is 10.4. The first-order chi connectivity index (χ1) is 34.1. The zero-order chi connectivity index (χ0) is 49.6. The molecule has 12 aromatic rings. The van der Waals surface area contributed by atoms with Gasteiger partial charge in [0.05, 0.1) is 0 Å². The fraction of sp³-hybridized carbons (Fsp3) is 0. The van der Waals surface area contributed by atoms with Crippen molar-refractivity contribution in [2.75, 3.05) is 0 Å². The zero-order valence-corrected chi connectivity index (χ0v) is 37.4. The second-order valence-electron chi connectivity index (χ2n) is 17.4. The molecule has 294 valence electrons. The lowest BCUT2D eigenvalue weighted by Gasteiger charge is -2.23. The topological polar surface area (TPSA) is 69.9 Å². The standard InChI is InChI=1S/C51H16B14N4O2/c52-30-25(19-12-14-23-22(15-19)21-13-11-20(16-24(21)70-23)51-67-49(17-7-3-1-4-8-17)66-50(68-51)18-9-5-2-6-10-18)35(57)47-28(33(30)55)29-34(56)40(62)46(43(65)48(29)71-47)69-44-26(31(53)36(58)38(60)41(44)63)27-32(54)37(59)39(61)42(64)45(27)69/h1-16H. The Morgan fingerprint density at radius 2 is 0.789 bits per heavy atom. The van der Waals surface area contributed by atoms with Crippen LogP contribution in [0, 0.1) is 0 Å². The summed E-state index contributed by atoms with van der Waals surface area (Å²) in [7, 11) is 94.2. The van der Waals surface area contributed by atoms with Crippen LogP contribution >= 0.6 is 0 Å². The summed E-state index contributed by atoms with van der Waals surface area (Å²) < 4.78 is 14.6. The van der Waals surface area contributed by atoms with E-state index in [-0.39, 0.29) is 126 Å². The van der Waals surface area contributed by atoms with Crippen molar-refractivity contribution < 1.29 is 8.83 Å². The molecule has 0 saturated heterocycles. The monoisotopic (exact) mass is 870 g/mol. The van der Waals surface area contributed by atoms with Gasteiger partial charge in [0.15, 0.2) is 17.5 Å². The highest BCUT2D eigenvalue weighted by Gasteiger charge is 2.28. The van der Waals surface area contributed by atoms with E-state index in [2.05, 4.69) is 0 Å². The Balaban J connectivity index is 1.03. The van der Waals surface area contributed by atoms with Crippen LogP contribution in [0.15, 0.2) is 106 Å². The smallest absolute Gasteiger partial charge is 0.164 e. The molecule has 0 fully saturated rings. The maximum Gasteiger partial charge on any atom is 0.164 e. The fourth-order valence-corrected chi connectivity index (χ4v) is 9.86. The normalized spacial score (nSPS) is 11.9. The Bertz CT molecular complexity index is 4210. The predicted octanol–water partition coefficient (Wildman–Crippen LogP) is -3.45. The van der Waals surface area contributed by atoms with Gasteiger partial charge >= 0.3 is 0 Å². The summed E-state index contributed by atoms with van der Waals surface area (Å²) in [6.07, 6.45) is 0. The number of nitrogens with zero attached hydrogens (tertiary/aromatic N) is 4. The summed E-state index contributed by atoms with van der Waals surface area (Å²) in [5.41, 5.74) is 5.79. The van der Waals surface area contributed by atoms with Crippen LogP contribution in [0.2, 0.25) is 0 Å². The molecule has 0 aliphatic heterocycles. The van der Waals surface area contributed by atoms with Crippen LogP contribution in [0.5, 0.6) is 0 Å². The molecule has 0 unspecified atom stereocenters. The molecule has 0 atom stereocenters. The minimum Gasteiger partial charge on any atom is -0.457 e. The Hall–Kier alpha value is -6.92. The highest BCUT2D eigenvalue weighted by atomic mass is 16.3. The minimum atomic E-state index is -0.0388. The van der Waals surface area contributed by atoms with Crippen molar-refractivity contribution in [3.05, 3.63) is 97.1 Å². The van der Waals surface area contributed by atoms with Crippen LogP contribution in [0.4, 0.5) is 0 Å². The summed E-state index contributed by atoms with van der Waals surface area (Å²) in [5.74, 6) is 1.56. The van der Waals surface area contributed by atoms with Crippen molar-refractivity contribution >= 4 is 252 Å². The number of fused-ring (bicyclic) bond motifs is 9. The highest BCUT2D eigenvalue weighted by Crippen LogP contribution is 2.36. The van der Waals surface area contributed by atoms with Gasteiger partial charge in [-0.15, -0.1) is 21.9 Å². The minimum absolute atomic E-state index is 0.00671. The molecule has 12 rings (SSSR count). The second-order valence-corrected chi connectivity index (χ2v) is 17.4. The molecule has 20 heteroatoms. The Labute approximate surface area is 426 Å². The van der Waals surface area contributed by atoms with E-state index in [0.29, 0.717) is 39.8 Å². The van der Waals surface area contributed by atoms with Gasteiger partial charge in [-0.1, -0.05) is 116 Å². The zero-order valence-electron chi connectivity index (χ0n) is 37.4. The molecule has 6 nitrogen and oxygen atoms in total. The molecule has 71 heavy (non-hydrogen) atoms. The summed E-state index contributed by atoms with van der Waals surface area (Å²) >= 11 is 0. The van der Waals surface area contributed by atoms with E-state index in [9.17, 15) is 0 Å². The second kappa shape index (κ2) is 16.3. The first-order valence-electron chi connectivity index (χ1n) is 21.9. The van der Waals surface area contributed by atoms with Crippen molar-refractivity contribution in [3.8, 4) is 51.0 Å². The van der Waals surface area contributed by atoms with Gasteiger partial charge in [-0.05, 0) is 57.1 Å². The van der Waals surface area contributed by atoms with Crippen LogP contribution in [-0.2, 0) is 0 Å². The van der Waals surface area contributed by atoms with Crippen LogP contribution in [-0.4, -0.2) is 129 Å². The van der Waals surface area contributed by atoms with Gasteiger partial charge in [0.2, 0.25) is 0 Å². The van der Waals surface area contributed by atoms with E-state index in [0.717, 1.165) is 27.5 Å². The first kappa shape index (κ1) is 45.2. The largest absolute Gasteiger partial charge is 0.457 e. The van der Waals surface area contributed by atoms with E-state index in [1.54, 1.807) is 0 Å². The fourth-order valence-electron chi connectivity index (χ4n) is 9.86. The number of benzene rings is 8. The molecule has 0 bridgehead atoms. The summed E-state index contributed by atoms with van der Waals surface area (Å²) in [6.45, 7) is 0. The van der Waals surface area contributed by atoms with Gasteiger partial charge in [0.1, 0.15) is 132 Å². The summed E-state index contributed by atoms with van der Waals surface area (Å²) in [4.78, 5) is 14.6. The van der Waals surface area contributed by atoms with Crippen molar-refractivity contribution in [2.45, 2.75) is 0 Å². The van der Waals surface area contributed by atoms with Crippen molar-refractivity contribution in [1.82, 2.24) is 19.5 Å². The number of hydrogen-bond acceptors (Lipinski definition) is 5. The van der Waals surface area contributed by atoms with Gasteiger partial charge in [0, 0.05) is 55.0 Å². The highest BCUT2D eigenvalue weighted by molar-refractivity contribution is 6.72. The molecule has 4 aromatic heterocycles. The van der Waals surface area contributed by atoms with Gasteiger partial charge in [-0.2, -0.15) is 0 Å². The lowest BCUT2D eigenvalue weighted by molar-refractivity contribution is 0.669. The van der Waals surface area contributed by atoms with E-state index >= 15 is 0 Å². The SMILES string of the molecule is [B]c1c(-c2ccc3oc4cc(-c5nc(-c6ccccc6)nc(-c6ccccc6)n5)ccc4c3c2)c([B])c2oc3c([B])c(-n4c5c([B])c([B])c([B])c([B])c5c5c([B])c([B])c([B])c([B])c54)c([B])c([B])c3c2c1[B]. The summed E-state index contributed by atoms with van der Waals surface area (Å²) in [6, 6.07) is 30.9. The van der Waals surface area contributed by atoms with Gasteiger partial charge in [0.25, 0.3) is 0 Å². The van der Waals surface area contributed by atoms with Crippen LogP contribution in [0.3, 0.4) is 0 Å². The maximum atomic E-state index is 7.10. The lowest BCUT2D eigenvalue weighted by atomic mass is 9.63. The number of aromatic nitrogens is 4. The quantitative estimate of drug-likeness (QED) is 0.169. The lowest BCUT2D eigenvalue weighted by Crippen LogP contribution is -2.49. The first-order valence-corrected chi connectivity index (χ1v) is 21.9. The number of furan rings is 2. The van der Waals surface area contributed by atoms with Crippen molar-refractivity contribution in [3.63, 3.8) is 0 Å². The third-order valence-corrected chi connectivity index (χ3v) is 13.5. The van der Waals surface area contributed by atoms with Crippen molar-refractivity contribution in [1.29, 1.82) is 0 Å². The predicted molar refractivity (Wildman–Crippen MR) is 306 cm³/mol. The molecule has 0 aliphatic carbocycles. The van der Waals surface area contributed by atoms with Crippen molar-refractivity contribution in [2.24, 2.45) is 0 Å². The average Bonchev–Trinajstić information content (AvgIpc) is 4.09. The van der Waals surface area contributed by atoms with Gasteiger partial charge < -0.3 is 13.4 Å². The number of hydrogen-bond donors (Lipinski definition) is 0. The van der Waals surface area contributed by atoms with E-state index in [1.807, 2.05) is 97.1 Å². The molecule has 28 radical (unpaired) electrons. The van der Waals surface area contributed by atoms with Crippen LogP contribution in [0.25, 0.3) is 117 Å². The van der Waals surface area contributed by atoms with E-state index < -0.39 is 0 Å². The molecule has 0 amide bonds. The molecule has 0 aliphatic rings. The van der Waals surface area contributed by atoms with Crippen LogP contribution < -0.4 is 76.5 Å². The average molecular weight is 868 g/mol. The molecule has 0 spiro atoms. The van der Waals surface area contributed by atoms with E-state index in [1.165, 1.54) is 4.57 Å². The molecule has 4 heterocycles. The Morgan fingerprint density at radius 3 is 1.34 bits per heavy atom.